The Morgan fingerprint density at radius 2 is 1.69 bits per heavy atom. The molecule has 1 N–H and O–H groups in total. The van der Waals surface area contributed by atoms with Gasteiger partial charge in [0.05, 0.1) is 5.41 Å². The van der Waals surface area contributed by atoms with Gasteiger partial charge < -0.3 is 10.2 Å². The van der Waals surface area contributed by atoms with Crippen molar-refractivity contribution in [1.29, 1.82) is 0 Å². The lowest BCUT2D eigenvalue weighted by atomic mass is 9.84. The number of fused-ring (bicyclic) bond motifs is 1. The SMILES string of the molecule is CC(=O)N1Cc2cc(C)ccc2C1C(=O)Nc1ccc(C(C)(C)C(F)(F)F)cc1. The summed E-state index contributed by atoms with van der Waals surface area (Å²) in [5.74, 6) is -0.619. The van der Waals surface area contributed by atoms with Gasteiger partial charge in [-0.2, -0.15) is 13.2 Å². The van der Waals surface area contributed by atoms with Crippen LogP contribution in [0.4, 0.5) is 18.9 Å². The molecule has 1 aliphatic heterocycles. The number of alkyl halides is 3. The molecule has 2 aromatic carbocycles. The standard InChI is InChI=1S/C22H23F3N2O2/c1-13-5-10-18-15(11-13)12-27(14(2)28)19(18)20(29)26-17-8-6-16(7-9-17)21(3,4)22(23,24)25/h5-11,19H,12H2,1-4H3,(H,26,29). The van der Waals surface area contributed by atoms with E-state index in [4.69, 9.17) is 0 Å². The smallest absolute Gasteiger partial charge is 0.324 e. The van der Waals surface area contributed by atoms with E-state index in [0.717, 1.165) is 30.5 Å². The van der Waals surface area contributed by atoms with Gasteiger partial charge in [-0.3, -0.25) is 9.59 Å². The fourth-order valence-electron chi connectivity index (χ4n) is 3.50. The Morgan fingerprint density at radius 3 is 2.24 bits per heavy atom. The summed E-state index contributed by atoms with van der Waals surface area (Å²) in [7, 11) is 0. The number of carbonyl (C=O) groups excluding carboxylic acids is 2. The maximum atomic E-state index is 13.2. The molecule has 0 spiro atoms. The van der Waals surface area contributed by atoms with Crippen LogP contribution in [-0.4, -0.2) is 22.9 Å². The van der Waals surface area contributed by atoms with E-state index in [1.807, 2.05) is 25.1 Å². The minimum Gasteiger partial charge on any atom is -0.324 e. The molecule has 7 heteroatoms. The van der Waals surface area contributed by atoms with Gasteiger partial charge in [0, 0.05) is 19.2 Å². The zero-order chi connectivity index (χ0) is 21.6. The average Bonchev–Trinajstić information content (AvgIpc) is 3.00. The van der Waals surface area contributed by atoms with E-state index in [9.17, 15) is 22.8 Å². The van der Waals surface area contributed by atoms with Crippen LogP contribution >= 0.6 is 0 Å². The highest BCUT2D eigenvalue weighted by Crippen LogP contribution is 2.41. The molecule has 29 heavy (non-hydrogen) atoms. The Bertz CT molecular complexity index is 950. The highest BCUT2D eigenvalue weighted by atomic mass is 19.4. The van der Waals surface area contributed by atoms with Gasteiger partial charge in [0.1, 0.15) is 6.04 Å². The van der Waals surface area contributed by atoms with Crippen molar-refractivity contribution < 1.29 is 22.8 Å². The molecule has 0 aliphatic carbocycles. The summed E-state index contributed by atoms with van der Waals surface area (Å²) in [5.41, 5.74) is 1.20. The van der Waals surface area contributed by atoms with Crippen LogP contribution in [0.1, 0.15) is 49.1 Å². The summed E-state index contributed by atoms with van der Waals surface area (Å²) in [4.78, 5) is 26.5. The molecule has 3 rings (SSSR count). The van der Waals surface area contributed by atoms with Crippen molar-refractivity contribution in [2.75, 3.05) is 5.32 Å². The number of hydrogen-bond acceptors (Lipinski definition) is 2. The second-order valence-corrected chi connectivity index (χ2v) is 7.94. The van der Waals surface area contributed by atoms with Gasteiger partial charge >= 0.3 is 6.18 Å². The summed E-state index contributed by atoms with van der Waals surface area (Å²) in [6.07, 6.45) is -4.38. The van der Waals surface area contributed by atoms with Gasteiger partial charge in [0.25, 0.3) is 5.91 Å². The van der Waals surface area contributed by atoms with Crippen molar-refractivity contribution in [3.63, 3.8) is 0 Å². The normalized spacial score (nSPS) is 16.5. The third kappa shape index (κ3) is 3.86. The Labute approximate surface area is 167 Å². The van der Waals surface area contributed by atoms with Crippen molar-refractivity contribution in [2.24, 2.45) is 0 Å². The third-order valence-corrected chi connectivity index (χ3v) is 5.48. The first-order valence-corrected chi connectivity index (χ1v) is 9.26. The molecule has 1 heterocycles. The molecule has 0 aromatic heterocycles. The van der Waals surface area contributed by atoms with Gasteiger partial charge in [0.2, 0.25) is 5.91 Å². The lowest BCUT2D eigenvalue weighted by Gasteiger charge is -2.28. The predicted octanol–water partition coefficient (Wildman–Crippen LogP) is 4.88. The van der Waals surface area contributed by atoms with Gasteiger partial charge in [-0.15, -0.1) is 0 Å². The molecule has 1 unspecified atom stereocenters. The lowest BCUT2D eigenvalue weighted by Crippen LogP contribution is -2.36. The van der Waals surface area contributed by atoms with Gasteiger partial charge in [0.15, 0.2) is 0 Å². The molecule has 0 fully saturated rings. The number of nitrogens with one attached hydrogen (secondary N) is 1. The van der Waals surface area contributed by atoms with Crippen molar-refractivity contribution in [1.82, 2.24) is 4.90 Å². The number of hydrogen-bond donors (Lipinski definition) is 1. The molecule has 0 bridgehead atoms. The first-order chi connectivity index (χ1) is 13.4. The first-order valence-electron chi connectivity index (χ1n) is 9.26. The Balaban J connectivity index is 1.84. The number of aryl methyl sites for hydroxylation is 1. The number of nitrogens with zero attached hydrogens (tertiary/aromatic N) is 1. The number of amides is 2. The van der Waals surface area contributed by atoms with Crippen LogP contribution in [0.15, 0.2) is 42.5 Å². The van der Waals surface area contributed by atoms with Gasteiger partial charge in [-0.05, 0) is 49.6 Å². The summed E-state index contributed by atoms with van der Waals surface area (Å²) < 4.78 is 39.6. The predicted molar refractivity (Wildman–Crippen MR) is 104 cm³/mol. The van der Waals surface area contributed by atoms with Gasteiger partial charge in [-0.1, -0.05) is 35.9 Å². The molecule has 0 saturated carbocycles. The molecule has 2 aromatic rings. The number of anilines is 1. The van der Waals surface area contributed by atoms with E-state index in [1.54, 1.807) is 0 Å². The number of carbonyl (C=O) groups is 2. The minimum atomic E-state index is -4.38. The first kappa shape index (κ1) is 20.9. The second-order valence-electron chi connectivity index (χ2n) is 7.94. The zero-order valence-corrected chi connectivity index (χ0v) is 16.7. The monoisotopic (exact) mass is 404 g/mol. The summed E-state index contributed by atoms with van der Waals surface area (Å²) in [6, 6.07) is 10.5. The maximum absolute atomic E-state index is 13.2. The van der Waals surface area contributed by atoms with Crippen molar-refractivity contribution in [3.05, 3.63) is 64.7 Å². The fourth-order valence-corrected chi connectivity index (χ4v) is 3.50. The second kappa shape index (κ2) is 7.21. The van der Waals surface area contributed by atoms with E-state index in [1.165, 1.54) is 36.1 Å². The Kier molecular flexibility index (Phi) is 5.19. The van der Waals surface area contributed by atoms with E-state index in [0.29, 0.717) is 12.2 Å². The molecule has 1 atom stereocenters. The largest absolute Gasteiger partial charge is 0.397 e. The van der Waals surface area contributed by atoms with Crippen LogP contribution < -0.4 is 5.32 Å². The lowest BCUT2D eigenvalue weighted by molar-refractivity contribution is -0.180. The Morgan fingerprint density at radius 1 is 1.07 bits per heavy atom. The molecule has 0 radical (unpaired) electrons. The van der Waals surface area contributed by atoms with Crippen molar-refractivity contribution in [2.45, 2.75) is 51.9 Å². The number of rotatable bonds is 3. The van der Waals surface area contributed by atoms with Crippen LogP contribution in [0.25, 0.3) is 0 Å². The van der Waals surface area contributed by atoms with E-state index in [2.05, 4.69) is 5.32 Å². The molecular formula is C22H23F3N2O2. The van der Waals surface area contributed by atoms with Crippen LogP contribution in [0.5, 0.6) is 0 Å². The number of benzene rings is 2. The third-order valence-electron chi connectivity index (χ3n) is 5.48. The molecule has 2 amide bonds. The average molecular weight is 404 g/mol. The van der Waals surface area contributed by atoms with Crippen LogP contribution in [0.3, 0.4) is 0 Å². The highest BCUT2D eigenvalue weighted by molar-refractivity contribution is 5.98. The van der Waals surface area contributed by atoms with E-state index < -0.39 is 23.5 Å². The van der Waals surface area contributed by atoms with Gasteiger partial charge in [-0.25, -0.2) is 0 Å². The van der Waals surface area contributed by atoms with E-state index in [-0.39, 0.29) is 11.5 Å². The summed E-state index contributed by atoms with van der Waals surface area (Å²) in [6.45, 7) is 5.93. The Hall–Kier alpha value is -2.83. The van der Waals surface area contributed by atoms with Crippen LogP contribution in [0.2, 0.25) is 0 Å². The zero-order valence-electron chi connectivity index (χ0n) is 16.7. The topological polar surface area (TPSA) is 49.4 Å². The van der Waals surface area contributed by atoms with E-state index >= 15 is 0 Å². The molecule has 4 nitrogen and oxygen atoms in total. The number of halogens is 3. The summed E-state index contributed by atoms with van der Waals surface area (Å²) in [5, 5.41) is 2.73. The summed E-state index contributed by atoms with van der Waals surface area (Å²) >= 11 is 0. The quantitative estimate of drug-likeness (QED) is 0.793. The minimum absolute atomic E-state index is 0.107. The van der Waals surface area contributed by atoms with Crippen LogP contribution in [-0.2, 0) is 21.5 Å². The molecular weight excluding hydrogens is 381 g/mol. The molecule has 0 saturated heterocycles. The van der Waals surface area contributed by atoms with Crippen molar-refractivity contribution in [3.8, 4) is 0 Å². The van der Waals surface area contributed by atoms with Crippen molar-refractivity contribution >= 4 is 17.5 Å². The molecule has 154 valence electrons. The maximum Gasteiger partial charge on any atom is 0.397 e. The molecule has 1 aliphatic rings. The van der Waals surface area contributed by atoms with Crippen LogP contribution in [0, 0.1) is 6.92 Å². The fraction of sp³-hybridized carbons (Fsp3) is 0.364. The highest BCUT2D eigenvalue weighted by Gasteiger charge is 2.48.